The summed E-state index contributed by atoms with van der Waals surface area (Å²) in [5.41, 5.74) is -1.02. The molecular formula is C14H12ClF3N4O3. The van der Waals surface area contributed by atoms with Crippen molar-refractivity contribution in [3.05, 3.63) is 57.0 Å². The van der Waals surface area contributed by atoms with Gasteiger partial charge in [-0.15, -0.1) is 0 Å². The molecule has 25 heavy (non-hydrogen) atoms. The molecule has 2 heterocycles. The fourth-order valence-corrected chi connectivity index (χ4v) is 2.22. The smallest absolute Gasteiger partial charge is 0.395 e. The molecule has 0 aliphatic heterocycles. The van der Waals surface area contributed by atoms with Gasteiger partial charge in [0.25, 0.3) is 0 Å². The van der Waals surface area contributed by atoms with E-state index in [0.717, 1.165) is 12.3 Å². The Kier molecular flexibility index (Phi) is 5.75. The van der Waals surface area contributed by atoms with Crippen molar-refractivity contribution in [2.24, 2.45) is 0 Å². The Morgan fingerprint density at radius 1 is 1.28 bits per heavy atom. The van der Waals surface area contributed by atoms with Gasteiger partial charge >= 0.3 is 11.9 Å². The third-order valence-corrected chi connectivity index (χ3v) is 3.39. The quantitative estimate of drug-likeness (QED) is 0.473. The van der Waals surface area contributed by atoms with E-state index in [4.69, 9.17) is 11.6 Å². The fraction of sp³-hybridized carbons (Fsp3) is 0.286. The predicted molar refractivity (Wildman–Crippen MR) is 83.3 cm³/mol. The summed E-state index contributed by atoms with van der Waals surface area (Å²) in [6, 6.07) is 4.43. The molecule has 0 unspecified atom stereocenters. The average molecular weight is 377 g/mol. The largest absolute Gasteiger partial charge is 0.433 e. The highest BCUT2D eigenvalue weighted by molar-refractivity contribution is 6.29. The summed E-state index contributed by atoms with van der Waals surface area (Å²) in [7, 11) is 0. The number of hydrogen-bond donors (Lipinski definition) is 1. The van der Waals surface area contributed by atoms with Gasteiger partial charge in [-0.25, -0.2) is 4.98 Å². The Morgan fingerprint density at radius 2 is 2.00 bits per heavy atom. The SMILES string of the molecule is O=[N+]([O-])c1ccc(Cl)nc1N(CCO)Cc1ccc(C(F)(F)F)nc1. The molecule has 0 saturated heterocycles. The number of halogens is 4. The van der Waals surface area contributed by atoms with Crippen LogP contribution < -0.4 is 4.90 Å². The molecule has 0 saturated carbocycles. The van der Waals surface area contributed by atoms with Crippen LogP contribution in [0.25, 0.3) is 0 Å². The zero-order chi connectivity index (χ0) is 18.6. The topological polar surface area (TPSA) is 92.4 Å². The van der Waals surface area contributed by atoms with Gasteiger partial charge < -0.3 is 10.0 Å². The molecule has 0 aliphatic carbocycles. The van der Waals surface area contributed by atoms with Crippen molar-refractivity contribution in [3.8, 4) is 0 Å². The third-order valence-electron chi connectivity index (χ3n) is 3.18. The molecule has 0 fully saturated rings. The molecule has 7 nitrogen and oxygen atoms in total. The van der Waals surface area contributed by atoms with Crippen molar-refractivity contribution in [2.45, 2.75) is 12.7 Å². The molecule has 0 aromatic carbocycles. The summed E-state index contributed by atoms with van der Waals surface area (Å²) < 4.78 is 37.6. The predicted octanol–water partition coefficient (Wildman–Crippen LogP) is 3.06. The summed E-state index contributed by atoms with van der Waals surface area (Å²) in [6.45, 7) is -0.422. The Balaban J connectivity index is 2.33. The van der Waals surface area contributed by atoms with E-state index < -0.39 is 16.8 Å². The second kappa shape index (κ2) is 7.62. The lowest BCUT2D eigenvalue weighted by Crippen LogP contribution is -2.28. The van der Waals surface area contributed by atoms with E-state index in [9.17, 15) is 28.4 Å². The zero-order valence-corrected chi connectivity index (χ0v) is 13.3. The highest BCUT2D eigenvalue weighted by atomic mass is 35.5. The van der Waals surface area contributed by atoms with Crippen LogP contribution in [0.15, 0.2) is 30.5 Å². The Labute approximate surface area is 144 Å². The number of aliphatic hydroxyl groups excluding tert-OH is 1. The van der Waals surface area contributed by atoms with Crippen LogP contribution in [-0.2, 0) is 12.7 Å². The first-order chi connectivity index (χ1) is 11.7. The first-order valence-corrected chi connectivity index (χ1v) is 7.29. The Hall–Kier alpha value is -2.46. The maximum Gasteiger partial charge on any atom is 0.433 e. The zero-order valence-electron chi connectivity index (χ0n) is 12.6. The maximum absolute atomic E-state index is 12.5. The molecule has 2 rings (SSSR count). The lowest BCUT2D eigenvalue weighted by atomic mass is 10.2. The summed E-state index contributed by atoms with van der Waals surface area (Å²) >= 11 is 5.78. The van der Waals surface area contributed by atoms with Crippen LogP contribution in [0.4, 0.5) is 24.7 Å². The van der Waals surface area contributed by atoms with Gasteiger partial charge in [-0.05, 0) is 17.7 Å². The molecule has 1 N–H and O–H groups in total. The highest BCUT2D eigenvalue weighted by Crippen LogP contribution is 2.30. The minimum Gasteiger partial charge on any atom is -0.395 e. The minimum atomic E-state index is -4.56. The second-order valence-electron chi connectivity index (χ2n) is 4.93. The fourth-order valence-electron chi connectivity index (χ4n) is 2.08. The van der Waals surface area contributed by atoms with Gasteiger partial charge in [0.2, 0.25) is 5.82 Å². The standard InChI is InChI=1S/C14H12ClF3N4O3/c15-12-4-2-10(22(24)25)13(20-12)21(5-6-23)8-9-1-3-11(19-7-9)14(16,17)18/h1-4,7,23H,5-6,8H2. The lowest BCUT2D eigenvalue weighted by Gasteiger charge is -2.22. The number of alkyl halides is 3. The number of nitrogens with zero attached hydrogens (tertiary/aromatic N) is 4. The van der Waals surface area contributed by atoms with Crippen molar-refractivity contribution >= 4 is 23.1 Å². The van der Waals surface area contributed by atoms with Crippen LogP contribution in [0.3, 0.4) is 0 Å². The van der Waals surface area contributed by atoms with Gasteiger partial charge in [0.05, 0.1) is 11.5 Å². The van der Waals surface area contributed by atoms with Crippen LogP contribution in [0, 0.1) is 10.1 Å². The number of pyridine rings is 2. The molecule has 0 spiro atoms. The summed E-state index contributed by atoms with van der Waals surface area (Å²) in [6.07, 6.45) is -3.54. The van der Waals surface area contributed by atoms with Crippen molar-refractivity contribution in [1.82, 2.24) is 9.97 Å². The van der Waals surface area contributed by atoms with E-state index in [0.29, 0.717) is 5.56 Å². The first kappa shape index (κ1) is 18.9. The molecule has 0 aliphatic rings. The molecule has 0 atom stereocenters. The number of anilines is 1. The summed E-state index contributed by atoms with van der Waals surface area (Å²) in [4.78, 5) is 19.1. The lowest BCUT2D eigenvalue weighted by molar-refractivity contribution is -0.384. The van der Waals surface area contributed by atoms with Crippen LogP contribution in [0.2, 0.25) is 5.15 Å². The van der Waals surface area contributed by atoms with E-state index in [1.165, 1.54) is 23.1 Å². The van der Waals surface area contributed by atoms with Crippen LogP contribution in [-0.4, -0.2) is 33.1 Å². The highest BCUT2D eigenvalue weighted by Gasteiger charge is 2.32. The van der Waals surface area contributed by atoms with Crippen molar-refractivity contribution in [2.75, 3.05) is 18.1 Å². The van der Waals surface area contributed by atoms with E-state index in [-0.39, 0.29) is 36.4 Å². The molecule has 11 heteroatoms. The van der Waals surface area contributed by atoms with E-state index >= 15 is 0 Å². The number of rotatable bonds is 6. The van der Waals surface area contributed by atoms with Gasteiger partial charge in [0, 0.05) is 25.4 Å². The molecule has 0 radical (unpaired) electrons. The molecule has 0 amide bonds. The van der Waals surface area contributed by atoms with Gasteiger partial charge in [0.1, 0.15) is 10.8 Å². The minimum absolute atomic E-state index is 0.00841. The van der Waals surface area contributed by atoms with Crippen LogP contribution in [0.1, 0.15) is 11.3 Å². The van der Waals surface area contributed by atoms with Gasteiger partial charge in [-0.3, -0.25) is 15.1 Å². The maximum atomic E-state index is 12.5. The Bertz CT molecular complexity index is 756. The molecule has 0 bridgehead atoms. The van der Waals surface area contributed by atoms with Gasteiger partial charge in [-0.2, -0.15) is 13.2 Å². The summed E-state index contributed by atoms with van der Waals surface area (Å²) in [5.74, 6) is -0.0913. The van der Waals surface area contributed by atoms with Crippen molar-refractivity contribution < 1.29 is 23.2 Å². The van der Waals surface area contributed by atoms with Crippen molar-refractivity contribution in [3.63, 3.8) is 0 Å². The average Bonchev–Trinajstić information content (AvgIpc) is 2.53. The van der Waals surface area contributed by atoms with Crippen molar-refractivity contribution in [1.29, 1.82) is 0 Å². The number of aromatic nitrogens is 2. The molecule has 134 valence electrons. The van der Waals surface area contributed by atoms with Crippen LogP contribution in [0.5, 0.6) is 0 Å². The molecule has 2 aromatic rings. The number of nitro groups is 1. The van der Waals surface area contributed by atoms with E-state index in [1.54, 1.807) is 0 Å². The van der Waals surface area contributed by atoms with E-state index in [2.05, 4.69) is 9.97 Å². The van der Waals surface area contributed by atoms with Crippen LogP contribution >= 0.6 is 11.6 Å². The molecular weight excluding hydrogens is 365 g/mol. The van der Waals surface area contributed by atoms with E-state index in [1.807, 2.05) is 0 Å². The second-order valence-corrected chi connectivity index (χ2v) is 5.32. The Morgan fingerprint density at radius 3 is 2.52 bits per heavy atom. The van der Waals surface area contributed by atoms with Gasteiger partial charge in [-0.1, -0.05) is 17.7 Å². The summed E-state index contributed by atoms with van der Waals surface area (Å²) in [5, 5.41) is 20.3. The van der Waals surface area contributed by atoms with Gasteiger partial charge in [0.15, 0.2) is 0 Å². The monoisotopic (exact) mass is 376 g/mol. The third kappa shape index (κ3) is 4.77. The number of hydrogen-bond acceptors (Lipinski definition) is 6. The first-order valence-electron chi connectivity index (χ1n) is 6.91. The number of aliphatic hydroxyl groups is 1. The normalized spacial score (nSPS) is 11.4. The molecule has 2 aromatic heterocycles.